The molecule has 1 amide bonds. The number of benzene rings is 1. The fraction of sp³-hybridized carbons (Fsp3) is 0.429. The van der Waals surface area contributed by atoms with Gasteiger partial charge in [-0.3, -0.25) is 4.79 Å². The number of hydrogen-bond donors (Lipinski definition) is 0. The van der Waals surface area contributed by atoms with Crippen LogP contribution in [0, 0.1) is 0 Å². The lowest BCUT2D eigenvalue weighted by Crippen LogP contribution is -2.38. The Balaban J connectivity index is 1.65. The minimum atomic E-state index is -3.03. The highest BCUT2D eigenvalue weighted by Gasteiger charge is 2.32. The van der Waals surface area contributed by atoms with E-state index in [2.05, 4.69) is 15.5 Å². The third kappa shape index (κ3) is 4.31. The molecule has 0 radical (unpaired) electrons. The van der Waals surface area contributed by atoms with Gasteiger partial charge in [-0.15, -0.1) is 5.10 Å². The van der Waals surface area contributed by atoms with Crippen LogP contribution >= 0.6 is 23.4 Å². The Hall–Kier alpha value is -1.65. The Morgan fingerprint density at radius 1 is 1.48 bits per heavy atom. The van der Waals surface area contributed by atoms with Crippen molar-refractivity contribution < 1.29 is 13.2 Å². The summed E-state index contributed by atoms with van der Waals surface area (Å²) in [6.07, 6.45) is 0.482. The first-order valence-electron chi connectivity index (χ1n) is 7.49. The monoisotopic (exact) mass is 401 g/mol. The lowest BCUT2D eigenvalue weighted by atomic mass is 10.2. The van der Waals surface area contributed by atoms with Crippen LogP contribution in [0.4, 0.5) is 0 Å². The second-order valence-corrected chi connectivity index (χ2v) is 9.31. The van der Waals surface area contributed by atoms with E-state index in [0.717, 1.165) is 0 Å². The summed E-state index contributed by atoms with van der Waals surface area (Å²) in [5.74, 6) is 0.122. The van der Waals surface area contributed by atoms with Crippen LogP contribution in [-0.2, 0) is 14.6 Å². The van der Waals surface area contributed by atoms with E-state index in [0.29, 0.717) is 22.3 Å². The molecule has 8 nitrogen and oxygen atoms in total. The fourth-order valence-corrected chi connectivity index (χ4v) is 5.32. The maximum atomic E-state index is 12.3. The number of carbonyl (C=O) groups excluding carboxylic acids is 1. The number of amides is 1. The first-order valence-corrected chi connectivity index (χ1v) is 10.7. The van der Waals surface area contributed by atoms with E-state index in [1.807, 2.05) is 6.07 Å². The number of aromatic nitrogens is 4. The summed E-state index contributed by atoms with van der Waals surface area (Å²) in [4.78, 5) is 13.9. The number of carbonyl (C=O) groups is 1. The lowest BCUT2D eigenvalue weighted by molar-refractivity contribution is -0.128. The van der Waals surface area contributed by atoms with Crippen molar-refractivity contribution in [3.05, 3.63) is 29.3 Å². The van der Waals surface area contributed by atoms with Crippen LogP contribution in [0.5, 0.6) is 0 Å². The van der Waals surface area contributed by atoms with E-state index >= 15 is 0 Å². The summed E-state index contributed by atoms with van der Waals surface area (Å²) < 4.78 is 24.6. The summed E-state index contributed by atoms with van der Waals surface area (Å²) >= 11 is 7.17. The van der Waals surface area contributed by atoms with E-state index in [1.54, 1.807) is 25.2 Å². The molecule has 1 fully saturated rings. The largest absolute Gasteiger partial charge is 0.341 e. The van der Waals surface area contributed by atoms with Crippen molar-refractivity contribution >= 4 is 39.1 Å². The number of thioether (sulfide) groups is 1. The SMILES string of the molecule is CN(C(=O)CSc1nnnn1-c1cccc(Cl)c1)[C@@H]1CCS(=O)(=O)C1. The number of hydrogen-bond acceptors (Lipinski definition) is 7. The van der Waals surface area contributed by atoms with E-state index in [-0.39, 0.29) is 29.2 Å². The van der Waals surface area contributed by atoms with Gasteiger partial charge < -0.3 is 4.90 Å². The molecule has 0 unspecified atom stereocenters. The molecular formula is C14H16ClN5O3S2. The van der Waals surface area contributed by atoms with E-state index < -0.39 is 9.84 Å². The number of halogens is 1. The smallest absolute Gasteiger partial charge is 0.233 e. The van der Waals surface area contributed by atoms with Crippen molar-refractivity contribution in [1.29, 1.82) is 0 Å². The summed E-state index contributed by atoms with van der Waals surface area (Å²) in [7, 11) is -1.40. The Bertz CT molecular complexity index is 886. The number of rotatable bonds is 5. The molecule has 11 heteroatoms. The summed E-state index contributed by atoms with van der Waals surface area (Å²) in [5.41, 5.74) is 0.697. The molecule has 2 aromatic rings. The second kappa shape index (κ2) is 7.30. The van der Waals surface area contributed by atoms with Crippen LogP contribution < -0.4 is 0 Å². The van der Waals surface area contributed by atoms with Gasteiger partial charge in [0.05, 0.1) is 22.9 Å². The van der Waals surface area contributed by atoms with Crippen LogP contribution in [0.3, 0.4) is 0 Å². The van der Waals surface area contributed by atoms with Crippen molar-refractivity contribution in [2.45, 2.75) is 17.6 Å². The standard InChI is InChI=1S/C14H16ClN5O3S2/c1-19(12-5-6-25(22,23)9-12)13(21)8-24-14-16-17-18-20(14)11-4-2-3-10(15)7-11/h2-4,7,12H,5-6,8-9H2,1H3/t12-/m1/s1. The zero-order valence-electron chi connectivity index (χ0n) is 13.4. The number of tetrazole rings is 1. The first kappa shape index (κ1) is 18.2. The molecule has 1 aromatic heterocycles. The summed E-state index contributed by atoms with van der Waals surface area (Å²) in [6, 6.07) is 6.80. The molecule has 0 aliphatic carbocycles. The maximum absolute atomic E-state index is 12.3. The molecule has 1 aliphatic rings. The molecule has 0 saturated carbocycles. The molecule has 134 valence electrons. The first-order chi connectivity index (χ1) is 11.9. The quantitative estimate of drug-likeness (QED) is 0.690. The third-order valence-corrected chi connectivity index (χ3v) is 6.86. The molecule has 3 rings (SSSR count). The molecule has 0 spiro atoms. The van der Waals surface area contributed by atoms with E-state index in [9.17, 15) is 13.2 Å². The van der Waals surface area contributed by atoms with Crippen LogP contribution in [0.2, 0.25) is 5.02 Å². The molecule has 1 atom stereocenters. The van der Waals surface area contributed by atoms with Gasteiger partial charge >= 0.3 is 0 Å². The van der Waals surface area contributed by atoms with E-state index in [4.69, 9.17) is 11.6 Å². The highest BCUT2D eigenvalue weighted by atomic mass is 35.5. The number of sulfone groups is 1. The van der Waals surface area contributed by atoms with Crippen molar-refractivity contribution in [2.75, 3.05) is 24.3 Å². The molecule has 0 N–H and O–H groups in total. The Labute approximate surface area is 154 Å². The van der Waals surface area contributed by atoms with Crippen LogP contribution in [-0.4, -0.2) is 69.8 Å². The van der Waals surface area contributed by atoms with Crippen molar-refractivity contribution in [3.8, 4) is 5.69 Å². The van der Waals surface area contributed by atoms with Crippen molar-refractivity contribution in [3.63, 3.8) is 0 Å². The van der Waals surface area contributed by atoms with Gasteiger partial charge in [0.25, 0.3) is 0 Å². The highest BCUT2D eigenvalue weighted by molar-refractivity contribution is 7.99. The van der Waals surface area contributed by atoms with Crippen LogP contribution in [0.25, 0.3) is 5.69 Å². The van der Waals surface area contributed by atoms with Crippen LogP contribution in [0.15, 0.2) is 29.4 Å². The fourth-order valence-electron chi connectivity index (χ4n) is 2.55. The molecule has 2 heterocycles. The van der Waals surface area contributed by atoms with Gasteiger partial charge in [0.1, 0.15) is 0 Å². The molecule has 25 heavy (non-hydrogen) atoms. The van der Waals surface area contributed by atoms with E-state index in [1.165, 1.54) is 21.3 Å². The average molecular weight is 402 g/mol. The lowest BCUT2D eigenvalue weighted by Gasteiger charge is -2.23. The molecule has 0 bridgehead atoms. The molecular weight excluding hydrogens is 386 g/mol. The van der Waals surface area contributed by atoms with Gasteiger partial charge in [-0.25, -0.2) is 8.42 Å². The summed E-state index contributed by atoms with van der Waals surface area (Å²) in [5, 5.41) is 12.5. The maximum Gasteiger partial charge on any atom is 0.233 e. The Kier molecular flexibility index (Phi) is 5.30. The zero-order chi connectivity index (χ0) is 18.0. The van der Waals surface area contributed by atoms with Gasteiger partial charge in [0, 0.05) is 18.1 Å². The molecule has 1 saturated heterocycles. The molecule has 1 aromatic carbocycles. The van der Waals surface area contributed by atoms with Crippen molar-refractivity contribution in [2.24, 2.45) is 0 Å². The minimum Gasteiger partial charge on any atom is -0.341 e. The Morgan fingerprint density at radius 2 is 2.28 bits per heavy atom. The van der Waals surface area contributed by atoms with Gasteiger partial charge in [0.2, 0.25) is 11.1 Å². The zero-order valence-corrected chi connectivity index (χ0v) is 15.8. The second-order valence-electron chi connectivity index (χ2n) is 5.70. The predicted molar refractivity (Wildman–Crippen MR) is 94.7 cm³/mol. The molecule has 1 aliphatic heterocycles. The Morgan fingerprint density at radius 3 is 2.96 bits per heavy atom. The normalized spacial score (nSPS) is 19.0. The minimum absolute atomic E-state index is 0.0279. The third-order valence-electron chi connectivity index (χ3n) is 3.97. The predicted octanol–water partition coefficient (Wildman–Crippen LogP) is 1.05. The highest BCUT2D eigenvalue weighted by Crippen LogP contribution is 2.22. The van der Waals surface area contributed by atoms with Crippen molar-refractivity contribution in [1.82, 2.24) is 25.1 Å². The number of nitrogens with zero attached hydrogens (tertiary/aromatic N) is 5. The van der Waals surface area contributed by atoms with Gasteiger partial charge in [-0.2, -0.15) is 4.68 Å². The average Bonchev–Trinajstić information content (AvgIpc) is 3.18. The van der Waals surface area contributed by atoms with Gasteiger partial charge in [-0.1, -0.05) is 29.4 Å². The van der Waals surface area contributed by atoms with Gasteiger partial charge in [0.15, 0.2) is 9.84 Å². The topological polar surface area (TPSA) is 98.1 Å². The van der Waals surface area contributed by atoms with Crippen LogP contribution in [0.1, 0.15) is 6.42 Å². The van der Waals surface area contributed by atoms with Gasteiger partial charge in [-0.05, 0) is 35.0 Å². The summed E-state index contributed by atoms with van der Waals surface area (Å²) in [6.45, 7) is 0.